The zero-order valence-electron chi connectivity index (χ0n) is 9.52. The SMILES string of the molecule is COc1ccc(-c2n[nH]nc2C(N)=O)cc1C. The minimum absolute atomic E-state index is 0.134. The Labute approximate surface area is 97.8 Å². The third kappa shape index (κ3) is 1.96. The average Bonchev–Trinajstić information content (AvgIpc) is 2.77. The summed E-state index contributed by atoms with van der Waals surface area (Å²) in [6, 6.07) is 5.48. The number of H-pyrrole nitrogens is 1. The lowest BCUT2D eigenvalue weighted by Gasteiger charge is -2.05. The van der Waals surface area contributed by atoms with Gasteiger partial charge in [-0.25, -0.2) is 0 Å². The summed E-state index contributed by atoms with van der Waals surface area (Å²) >= 11 is 0. The summed E-state index contributed by atoms with van der Waals surface area (Å²) in [5, 5.41) is 10.0. The molecule has 0 aliphatic heterocycles. The molecule has 1 aromatic carbocycles. The summed E-state index contributed by atoms with van der Waals surface area (Å²) in [6.07, 6.45) is 0. The Kier molecular flexibility index (Phi) is 2.78. The number of aromatic nitrogens is 3. The number of carbonyl (C=O) groups is 1. The summed E-state index contributed by atoms with van der Waals surface area (Å²) in [4.78, 5) is 11.1. The van der Waals surface area contributed by atoms with Gasteiger partial charge in [0.25, 0.3) is 5.91 Å². The Morgan fingerprint density at radius 2 is 2.18 bits per heavy atom. The number of hydrogen-bond acceptors (Lipinski definition) is 4. The number of carbonyl (C=O) groups excluding carboxylic acids is 1. The van der Waals surface area contributed by atoms with E-state index in [1.54, 1.807) is 13.2 Å². The molecule has 0 radical (unpaired) electrons. The number of benzene rings is 1. The summed E-state index contributed by atoms with van der Waals surface area (Å²) < 4.78 is 5.16. The second-order valence-corrected chi connectivity index (χ2v) is 3.57. The van der Waals surface area contributed by atoms with Gasteiger partial charge in [-0.3, -0.25) is 4.79 Å². The van der Waals surface area contributed by atoms with Crippen molar-refractivity contribution in [1.29, 1.82) is 0 Å². The highest BCUT2D eigenvalue weighted by Crippen LogP contribution is 2.25. The molecule has 0 unspecified atom stereocenters. The number of aryl methyl sites for hydroxylation is 1. The second kappa shape index (κ2) is 4.25. The first kappa shape index (κ1) is 11.1. The monoisotopic (exact) mass is 232 g/mol. The minimum atomic E-state index is -0.609. The van der Waals surface area contributed by atoms with Crippen molar-refractivity contribution >= 4 is 5.91 Å². The maximum atomic E-state index is 11.1. The molecule has 0 spiro atoms. The van der Waals surface area contributed by atoms with Gasteiger partial charge in [0.2, 0.25) is 0 Å². The van der Waals surface area contributed by atoms with E-state index in [9.17, 15) is 4.79 Å². The fourth-order valence-corrected chi connectivity index (χ4v) is 1.63. The van der Waals surface area contributed by atoms with Crippen molar-refractivity contribution in [3.8, 4) is 17.0 Å². The molecule has 17 heavy (non-hydrogen) atoms. The van der Waals surface area contributed by atoms with E-state index in [4.69, 9.17) is 10.5 Å². The molecule has 1 aromatic heterocycles. The maximum Gasteiger partial charge on any atom is 0.271 e. The quantitative estimate of drug-likeness (QED) is 0.821. The Morgan fingerprint density at radius 3 is 2.76 bits per heavy atom. The Hall–Kier alpha value is -2.37. The van der Waals surface area contributed by atoms with Gasteiger partial charge < -0.3 is 10.5 Å². The van der Waals surface area contributed by atoms with Crippen LogP contribution < -0.4 is 10.5 Å². The van der Waals surface area contributed by atoms with Crippen LogP contribution in [0.1, 0.15) is 16.1 Å². The van der Waals surface area contributed by atoms with Crippen LogP contribution in [0, 0.1) is 6.92 Å². The van der Waals surface area contributed by atoms with Crippen molar-refractivity contribution in [2.75, 3.05) is 7.11 Å². The van der Waals surface area contributed by atoms with Crippen LogP contribution in [-0.4, -0.2) is 28.4 Å². The molecule has 88 valence electrons. The van der Waals surface area contributed by atoms with Gasteiger partial charge in [-0.05, 0) is 30.7 Å². The zero-order chi connectivity index (χ0) is 12.4. The largest absolute Gasteiger partial charge is 0.496 e. The Morgan fingerprint density at radius 1 is 1.41 bits per heavy atom. The van der Waals surface area contributed by atoms with Gasteiger partial charge in [0.15, 0.2) is 5.69 Å². The number of nitrogens with one attached hydrogen (secondary N) is 1. The van der Waals surface area contributed by atoms with E-state index in [2.05, 4.69) is 15.4 Å². The van der Waals surface area contributed by atoms with Gasteiger partial charge in [0, 0.05) is 5.56 Å². The van der Waals surface area contributed by atoms with Crippen molar-refractivity contribution in [3.05, 3.63) is 29.5 Å². The molecular weight excluding hydrogens is 220 g/mol. The standard InChI is InChI=1S/C11H12N4O2/c1-6-5-7(3-4-8(6)17-2)9-10(11(12)16)14-15-13-9/h3-5H,1-2H3,(H2,12,16)(H,13,14,15). The molecule has 2 aromatic rings. The molecule has 0 bridgehead atoms. The van der Waals surface area contributed by atoms with E-state index in [0.29, 0.717) is 5.69 Å². The van der Waals surface area contributed by atoms with E-state index >= 15 is 0 Å². The molecule has 0 fully saturated rings. The van der Waals surface area contributed by atoms with Gasteiger partial charge in [0.1, 0.15) is 11.4 Å². The van der Waals surface area contributed by atoms with Gasteiger partial charge >= 0.3 is 0 Å². The van der Waals surface area contributed by atoms with Crippen LogP contribution in [0.2, 0.25) is 0 Å². The summed E-state index contributed by atoms with van der Waals surface area (Å²) in [7, 11) is 1.60. The highest BCUT2D eigenvalue weighted by atomic mass is 16.5. The van der Waals surface area contributed by atoms with Crippen LogP contribution in [0.4, 0.5) is 0 Å². The number of methoxy groups -OCH3 is 1. The smallest absolute Gasteiger partial charge is 0.271 e. The molecule has 0 saturated heterocycles. The van der Waals surface area contributed by atoms with Crippen molar-refractivity contribution in [2.24, 2.45) is 5.73 Å². The predicted octanol–water partition coefficient (Wildman–Crippen LogP) is 0.888. The van der Waals surface area contributed by atoms with E-state index < -0.39 is 5.91 Å². The first-order chi connectivity index (χ1) is 8.13. The first-order valence-corrected chi connectivity index (χ1v) is 4.99. The first-order valence-electron chi connectivity index (χ1n) is 4.99. The van der Waals surface area contributed by atoms with Crippen LogP contribution in [0.3, 0.4) is 0 Å². The third-order valence-electron chi connectivity index (χ3n) is 2.45. The number of nitrogens with two attached hydrogens (primary N) is 1. The lowest BCUT2D eigenvalue weighted by atomic mass is 10.1. The molecule has 6 heteroatoms. The van der Waals surface area contributed by atoms with E-state index in [-0.39, 0.29) is 5.69 Å². The maximum absolute atomic E-state index is 11.1. The number of hydrogen-bond donors (Lipinski definition) is 2. The van der Waals surface area contributed by atoms with Crippen molar-refractivity contribution in [3.63, 3.8) is 0 Å². The average molecular weight is 232 g/mol. The number of rotatable bonds is 3. The van der Waals surface area contributed by atoms with Crippen molar-refractivity contribution in [2.45, 2.75) is 6.92 Å². The molecular formula is C11H12N4O2. The lowest BCUT2D eigenvalue weighted by Crippen LogP contribution is -2.12. The molecule has 0 saturated carbocycles. The minimum Gasteiger partial charge on any atom is -0.496 e. The fraction of sp³-hybridized carbons (Fsp3) is 0.182. The molecule has 2 rings (SSSR count). The molecule has 1 amide bonds. The Bertz CT molecular complexity index is 562. The van der Waals surface area contributed by atoms with Crippen LogP contribution >= 0.6 is 0 Å². The van der Waals surface area contributed by atoms with Crippen LogP contribution in [0.25, 0.3) is 11.3 Å². The van der Waals surface area contributed by atoms with Gasteiger partial charge in [-0.1, -0.05) is 0 Å². The topological polar surface area (TPSA) is 93.9 Å². The van der Waals surface area contributed by atoms with E-state index in [1.807, 2.05) is 19.1 Å². The number of nitrogens with zero attached hydrogens (tertiary/aromatic N) is 2. The molecule has 0 aliphatic rings. The highest BCUT2D eigenvalue weighted by molar-refractivity contribution is 5.96. The number of primary amides is 1. The van der Waals surface area contributed by atoms with Crippen molar-refractivity contribution in [1.82, 2.24) is 15.4 Å². The summed E-state index contributed by atoms with van der Waals surface area (Å²) in [5.41, 5.74) is 7.50. The number of ether oxygens (including phenoxy) is 1. The van der Waals surface area contributed by atoms with Gasteiger partial charge in [-0.2, -0.15) is 15.4 Å². The summed E-state index contributed by atoms with van der Waals surface area (Å²) in [5.74, 6) is 0.167. The zero-order valence-corrected chi connectivity index (χ0v) is 9.52. The van der Waals surface area contributed by atoms with Gasteiger partial charge in [0.05, 0.1) is 7.11 Å². The molecule has 3 N–H and O–H groups in total. The van der Waals surface area contributed by atoms with Crippen LogP contribution in [0.15, 0.2) is 18.2 Å². The third-order valence-corrected chi connectivity index (χ3v) is 2.45. The van der Waals surface area contributed by atoms with E-state index in [1.165, 1.54) is 0 Å². The van der Waals surface area contributed by atoms with Crippen molar-refractivity contribution < 1.29 is 9.53 Å². The fourth-order valence-electron chi connectivity index (χ4n) is 1.63. The second-order valence-electron chi connectivity index (χ2n) is 3.57. The molecule has 0 atom stereocenters. The number of aromatic amines is 1. The number of amides is 1. The van der Waals surface area contributed by atoms with E-state index in [0.717, 1.165) is 16.9 Å². The lowest BCUT2D eigenvalue weighted by molar-refractivity contribution is 0.0996. The molecule has 0 aliphatic carbocycles. The van der Waals surface area contributed by atoms with Crippen LogP contribution in [-0.2, 0) is 0 Å². The molecule has 1 heterocycles. The molecule has 6 nitrogen and oxygen atoms in total. The van der Waals surface area contributed by atoms with Crippen LogP contribution in [0.5, 0.6) is 5.75 Å². The van der Waals surface area contributed by atoms with Gasteiger partial charge in [-0.15, -0.1) is 0 Å². The Balaban J connectivity index is 2.50. The summed E-state index contributed by atoms with van der Waals surface area (Å²) in [6.45, 7) is 1.91. The predicted molar refractivity (Wildman–Crippen MR) is 61.6 cm³/mol. The highest BCUT2D eigenvalue weighted by Gasteiger charge is 2.15. The normalized spacial score (nSPS) is 10.2.